The van der Waals surface area contributed by atoms with Crippen molar-refractivity contribution in [2.45, 2.75) is 39.5 Å². The first-order valence-electron chi connectivity index (χ1n) is 17.4. The Morgan fingerprint density at radius 1 is 1.08 bits per heavy atom. The standard InChI is InChI=1S/C37H48BrN10O2P/c1-8-40-33-28(39-3)10-11-29(34(33)51(6,7)49)43-35-27(38)23-41-36(45-35)44-30-20-26(25-22-42-46(4)24-25)31(21-32(30)50-5)48-18-14-37(15-19-48)12-16-47(9-2)17-13-37/h8,10-11,20-24H,3,9,12-19H2,1-2,4-7H3,(H2,41,43,44,45). The summed E-state index contributed by atoms with van der Waals surface area (Å²) < 4.78 is 22.0. The number of nitrogens with zero attached hydrogens (tertiary/aromatic N) is 8. The third-order valence-corrected chi connectivity index (χ3v) is 12.3. The number of piperidine rings is 2. The first-order valence-corrected chi connectivity index (χ1v) is 20.8. The van der Waals surface area contributed by atoms with Gasteiger partial charge in [0.25, 0.3) is 0 Å². The summed E-state index contributed by atoms with van der Waals surface area (Å²) in [6, 6.07) is 7.85. The zero-order valence-corrected chi connectivity index (χ0v) is 32.9. The lowest BCUT2D eigenvalue weighted by molar-refractivity contribution is 0.0831. The molecule has 51 heavy (non-hydrogen) atoms. The fourth-order valence-electron chi connectivity index (χ4n) is 7.32. The number of aryl methyl sites for hydroxylation is 1. The van der Waals surface area contributed by atoms with Gasteiger partial charge in [-0.2, -0.15) is 10.1 Å². The van der Waals surface area contributed by atoms with Gasteiger partial charge in [-0.3, -0.25) is 14.7 Å². The highest BCUT2D eigenvalue weighted by Crippen LogP contribution is 2.47. The van der Waals surface area contributed by atoms with E-state index in [0.29, 0.717) is 49.8 Å². The molecule has 0 bridgehead atoms. The molecule has 6 rings (SSSR count). The van der Waals surface area contributed by atoms with Gasteiger partial charge < -0.3 is 29.7 Å². The second kappa shape index (κ2) is 15.3. The molecule has 1 spiro atoms. The van der Waals surface area contributed by atoms with Gasteiger partial charge in [-0.25, -0.2) is 4.98 Å². The summed E-state index contributed by atoms with van der Waals surface area (Å²) in [4.78, 5) is 23.1. The molecule has 2 aromatic heterocycles. The number of anilines is 5. The van der Waals surface area contributed by atoms with E-state index in [1.807, 2.05) is 37.1 Å². The molecule has 0 aliphatic carbocycles. The Morgan fingerprint density at radius 3 is 2.41 bits per heavy atom. The fraction of sp³-hybridized carbons (Fsp3) is 0.432. The maximum Gasteiger partial charge on any atom is 0.229 e. The summed E-state index contributed by atoms with van der Waals surface area (Å²) >= 11 is 3.60. The zero-order chi connectivity index (χ0) is 36.3. The van der Waals surface area contributed by atoms with Crippen molar-refractivity contribution >= 4 is 81.5 Å². The van der Waals surface area contributed by atoms with Gasteiger partial charge in [-0.1, -0.05) is 6.92 Å². The van der Waals surface area contributed by atoms with Crippen molar-refractivity contribution in [3.63, 3.8) is 0 Å². The number of halogens is 1. The van der Waals surface area contributed by atoms with Crippen LogP contribution in [0, 0.1) is 5.41 Å². The van der Waals surface area contributed by atoms with E-state index < -0.39 is 7.14 Å². The molecule has 2 fully saturated rings. The summed E-state index contributed by atoms with van der Waals surface area (Å²) in [5.74, 6) is 1.53. The van der Waals surface area contributed by atoms with Crippen LogP contribution in [0.5, 0.6) is 5.75 Å². The molecule has 270 valence electrons. The van der Waals surface area contributed by atoms with Crippen molar-refractivity contribution in [2.75, 3.05) is 68.7 Å². The Hall–Kier alpha value is -4.06. The molecule has 14 heteroatoms. The number of methoxy groups -OCH3 is 1. The predicted octanol–water partition coefficient (Wildman–Crippen LogP) is 8.14. The van der Waals surface area contributed by atoms with Crippen molar-refractivity contribution in [3.05, 3.63) is 47.3 Å². The van der Waals surface area contributed by atoms with Crippen LogP contribution in [-0.2, 0) is 11.6 Å². The minimum Gasteiger partial charge on any atom is -0.494 e. The number of rotatable bonds is 11. The topological polar surface area (TPSA) is 125 Å². The molecule has 2 N–H and O–H groups in total. The van der Waals surface area contributed by atoms with Crippen LogP contribution in [0.3, 0.4) is 0 Å². The number of likely N-dealkylation sites (tertiary alicyclic amines) is 1. The summed E-state index contributed by atoms with van der Waals surface area (Å²) in [5.41, 5.74) is 6.07. The molecule has 12 nitrogen and oxygen atoms in total. The quantitative estimate of drug-likeness (QED) is 0.115. The van der Waals surface area contributed by atoms with E-state index in [2.05, 4.69) is 82.2 Å². The van der Waals surface area contributed by atoms with Crippen LogP contribution in [0.2, 0.25) is 0 Å². The normalized spacial score (nSPS) is 16.5. The van der Waals surface area contributed by atoms with Crippen molar-refractivity contribution in [2.24, 2.45) is 22.4 Å². The second-order valence-electron chi connectivity index (χ2n) is 13.8. The van der Waals surface area contributed by atoms with Crippen LogP contribution in [0.25, 0.3) is 11.1 Å². The van der Waals surface area contributed by atoms with E-state index in [4.69, 9.17) is 9.72 Å². The monoisotopic (exact) mass is 774 g/mol. The van der Waals surface area contributed by atoms with E-state index in [-0.39, 0.29) is 0 Å². The van der Waals surface area contributed by atoms with Crippen LogP contribution in [0.4, 0.5) is 40.2 Å². The molecule has 0 atom stereocenters. The highest BCUT2D eigenvalue weighted by Gasteiger charge is 2.38. The molecule has 2 aliphatic heterocycles. The predicted molar refractivity (Wildman–Crippen MR) is 215 cm³/mol. The zero-order valence-electron chi connectivity index (χ0n) is 30.4. The number of aliphatic imine (C=N–C) groups is 2. The van der Waals surface area contributed by atoms with Crippen molar-refractivity contribution < 1.29 is 9.30 Å². The van der Waals surface area contributed by atoms with Crippen molar-refractivity contribution in [1.82, 2.24) is 24.6 Å². The van der Waals surface area contributed by atoms with Crippen molar-refractivity contribution in [1.29, 1.82) is 0 Å². The second-order valence-corrected chi connectivity index (χ2v) is 17.8. The first-order chi connectivity index (χ1) is 24.5. The molecular formula is C37H48BrN10O2P. The number of hydrogen-bond acceptors (Lipinski definition) is 11. The highest BCUT2D eigenvalue weighted by atomic mass is 79.9. The Labute approximate surface area is 309 Å². The van der Waals surface area contributed by atoms with E-state index >= 15 is 0 Å². The summed E-state index contributed by atoms with van der Waals surface area (Å²) in [7, 11) is 0.794. The van der Waals surface area contributed by atoms with Crippen LogP contribution in [0.15, 0.2) is 57.3 Å². The molecule has 4 aromatic rings. The lowest BCUT2D eigenvalue weighted by atomic mass is 9.71. The number of ether oxygens (including phenoxy) is 1. The van der Waals surface area contributed by atoms with Crippen molar-refractivity contribution in [3.8, 4) is 16.9 Å². The van der Waals surface area contributed by atoms with Crippen LogP contribution in [0.1, 0.15) is 39.5 Å². The molecule has 2 aliphatic rings. The molecule has 0 radical (unpaired) electrons. The minimum absolute atomic E-state index is 0.358. The molecule has 2 saturated heterocycles. The van der Waals surface area contributed by atoms with Gasteiger partial charge in [0.2, 0.25) is 5.95 Å². The number of aromatic nitrogens is 4. The number of hydrogen-bond donors (Lipinski definition) is 2. The Bertz CT molecular complexity index is 1970. The SMILES string of the molecule is C=Nc1ccc(Nc2nc(Nc3cc(-c4cnn(C)c4)c(N4CCC5(CCN(CC)CC5)CC4)cc3OC)ncc2Br)c(P(C)(C)=O)c1N=CC. The number of benzene rings is 2. The van der Waals surface area contributed by atoms with E-state index in [0.717, 1.165) is 42.1 Å². The fourth-order valence-corrected chi connectivity index (χ4v) is 9.00. The van der Waals surface area contributed by atoms with Gasteiger partial charge in [-0.15, -0.1) is 0 Å². The lowest BCUT2D eigenvalue weighted by Gasteiger charge is -2.47. The van der Waals surface area contributed by atoms with Gasteiger partial charge in [0.1, 0.15) is 24.4 Å². The minimum atomic E-state index is -2.82. The Kier molecular flexibility index (Phi) is 11.0. The van der Waals surface area contributed by atoms with E-state index in [9.17, 15) is 4.57 Å². The number of nitrogens with one attached hydrogen (secondary N) is 2. The summed E-state index contributed by atoms with van der Waals surface area (Å²) in [5, 5.41) is 11.9. The highest BCUT2D eigenvalue weighted by molar-refractivity contribution is 9.10. The molecule has 0 unspecified atom stereocenters. The summed E-state index contributed by atoms with van der Waals surface area (Å²) in [6.07, 6.45) is 12.2. The molecular weight excluding hydrogens is 727 g/mol. The van der Waals surface area contributed by atoms with Crippen LogP contribution >= 0.6 is 23.1 Å². The average Bonchev–Trinajstić information content (AvgIpc) is 3.56. The molecule has 0 amide bonds. The van der Waals surface area contributed by atoms with E-state index in [1.165, 1.54) is 38.8 Å². The maximum absolute atomic E-state index is 13.6. The lowest BCUT2D eigenvalue weighted by Crippen LogP contribution is -2.46. The Balaban J connectivity index is 1.32. The van der Waals surface area contributed by atoms with Gasteiger partial charge in [0, 0.05) is 61.6 Å². The molecule has 2 aromatic carbocycles. The van der Waals surface area contributed by atoms with Crippen LogP contribution < -0.4 is 25.6 Å². The maximum atomic E-state index is 13.6. The first kappa shape index (κ1) is 36.7. The Morgan fingerprint density at radius 2 is 1.80 bits per heavy atom. The molecule has 4 heterocycles. The molecule has 0 saturated carbocycles. The van der Waals surface area contributed by atoms with Gasteiger partial charge >= 0.3 is 0 Å². The van der Waals surface area contributed by atoms with Gasteiger partial charge in [0.05, 0.1) is 40.1 Å². The van der Waals surface area contributed by atoms with Gasteiger partial charge in [-0.05, 0) is 112 Å². The van der Waals surface area contributed by atoms with Gasteiger partial charge in [0.15, 0.2) is 0 Å². The third kappa shape index (κ3) is 7.90. The van der Waals surface area contributed by atoms with E-state index in [1.54, 1.807) is 38.9 Å². The largest absolute Gasteiger partial charge is 0.494 e. The third-order valence-electron chi connectivity index (χ3n) is 10.2. The average molecular weight is 776 g/mol. The summed E-state index contributed by atoms with van der Waals surface area (Å²) in [6.45, 7) is 16.7. The van der Waals surface area contributed by atoms with Crippen LogP contribution in [-0.4, -0.2) is 90.7 Å². The smallest absolute Gasteiger partial charge is 0.229 e.